The summed E-state index contributed by atoms with van der Waals surface area (Å²) >= 11 is 0. The summed E-state index contributed by atoms with van der Waals surface area (Å²) in [6.07, 6.45) is -2.48. The molecule has 0 spiro atoms. The normalized spacial score (nSPS) is 21.6. The van der Waals surface area contributed by atoms with Crippen LogP contribution in [0.3, 0.4) is 0 Å². The van der Waals surface area contributed by atoms with Crippen molar-refractivity contribution < 1.29 is 31.4 Å². The highest BCUT2D eigenvalue weighted by Crippen LogP contribution is 2.52. The van der Waals surface area contributed by atoms with Crippen molar-refractivity contribution >= 4 is 9.84 Å². The number of sulfone groups is 1. The van der Waals surface area contributed by atoms with Crippen molar-refractivity contribution in [3.63, 3.8) is 0 Å². The fraction of sp³-hybridized carbons (Fsp3) is 0.294. The van der Waals surface area contributed by atoms with Crippen LogP contribution >= 0.6 is 0 Å². The molecule has 3 rings (SSSR count). The van der Waals surface area contributed by atoms with Crippen LogP contribution in [0, 0.1) is 23.1 Å². The SMILES string of the molecule is CC1C(O)c2c(S(=O)(=O)CF)ncc(Oc3cc(F)cc(C#N)c3)c2C1F. The quantitative estimate of drug-likeness (QED) is 0.848. The first-order chi connectivity index (χ1) is 12.7. The Morgan fingerprint density at radius 2 is 2.04 bits per heavy atom. The molecule has 10 heteroatoms. The Morgan fingerprint density at radius 3 is 2.67 bits per heavy atom. The Balaban J connectivity index is 2.17. The van der Waals surface area contributed by atoms with Crippen LogP contribution in [-0.4, -0.2) is 24.5 Å². The van der Waals surface area contributed by atoms with Crippen molar-refractivity contribution in [2.24, 2.45) is 5.92 Å². The standard InChI is InChI=1S/C17H13F3N2O4S/c1-8-15(20)13-12(26-11-3-9(5-21)2-10(19)4-11)6-22-17(14(13)16(8)23)27(24,25)7-18/h2-4,6,8,15-16,23H,7H2,1H3. The van der Waals surface area contributed by atoms with E-state index in [1.807, 2.05) is 0 Å². The molecule has 0 fully saturated rings. The molecule has 0 saturated carbocycles. The largest absolute Gasteiger partial charge is 0.455 e. The molecule has 1 heterocycles. The van der Waals surface area contributed by atoms with Gasteiger partial charge in [0.15, 0.2) is 16.8 Å². The Kier molecular flexibility index (Phi) is 4.84. The third-order valence-electron chi connectivity index (χ3n) is 4.28. The van der Waals surface area contributed by atoms with E-state index in [4.69, 9.17) is 10.00 Å². The summed E-state index contributed by atoms with van der Waals surface area (Å²) in [7, 11) is -4.47. The van der Waals surface area contributed by atoms with Crippen molar-refractivity contribution in [2.45, 2.75) is 24.2 Å². The van der Waals surface area contributed by atoms with E-state index in [0.717, 1.165) is 18.3 Å². The number of alkyl halides is 2. The molecule has 3 unspecified atom stereocenters. The molecule has 0 bridgehead atoms. The molecule has 1 aromatic carbocycles. The topological polar surface area (TPSA) is 100 Å². The van der Waals surface area contributed by atoms with Crippen molar-refractivity contribution in [1.29, 1.82) is 5.26 Å². The Morgan fingerprint density at radius 1 is 1.33 bits per heavy atom. The van der Waals surface area contributed by atoms with E-state index in [1.54, 1.807) is 6.07 Å². The van der Waals surface area contributed by atoms with E-state index in [-0.39, 0.29) is 28.2 Å². The zero-order valence-electron chi connectivity index (χ0n) is 13.9. The van der Waals surface area contributed by atoms with Gasteiger partial charge in [-0.2, -0.15) is 5.26 Å². The minimum Gasteiger partial charge on any atom is -0.455 e. The number of pyridine rings is 1. The number of aliphatic hydroxyl groups is 1. The monoisotopic (exact) mass is 398 g/mol. The van der Waals surface area contributed by atoms with Gasteiger partial charge in [-0.1, -0.05) is 6.92 Å². The van der Waals surface area contributed by atoms with Gasteiger partial charge in [-0.25, -0.2) is 26.6 Å². The maximum absolute atomic E-state index is 14.7. The van der Waals surface area contributed by atoms with E-state index in [0.29, 0.717) is 0 Å². The number of ether oxygens (including phenoxy) is 1. The van der Waals surface area contributed by atoms with E-state index >= 15 is 0 Å². The maximum Gasteiger partial charge on any atom is 0.225 e. The lowest BCUT2D eigenvalue weighted by atomic mass is 10.1. The molecular formula is C17H13F3N2O4S. The highest BCUT2D eigenvalue weighted by atomic mass is 32.2. The summed E-state index contributed by atoms with van der Waals surface area (Å²) in [6.45, 7) is 1.35. The van der Waals surface area contributed by atoms with E-state index < -0.39 is 44.9 Å². The first-order valence-electron chi connectivity index (χ1n) is 7.71. The van der Waals surface area contributed by atoms with Gasteiger partial charge in [0.25, 0.3) is 0 Å². The lowest BCUT2D eigenvalue weighted by molar-refractivity contribution is 0.0870. The van der Waals surface area contributed by atoms with Gasteiger partial charge in [0.05, 0.1) is 23.9 Å². The fourth-order valence-corrected chi connectivity index (χ4v) is 3.84. The van der Waals surface area contributed by atoms with Crippen LogP contribution in [0.15, 0.2) is 29.4 Å². The van der Waals surface area contributed by atoms with Crippen LogP contribution in [0.2, 0.25) is 0 Å². The van der Waals surface area contributed by atoms with Gasteiger partial charge >= 0.3 is 0 Å². The van der Waals surface area contributed by atoms with Crippen LogP contribution in [0.1, 0.15) is 35.9 Å². The number of benzene rings is 1. The number of aliphatic hydroxyl groups excluding tert-OH is 1. The van der Waals surface area contributed by atoms with Crippen LogP contribution in [0.4, 0.5) is 13.2 Å². The van der Waals surface area contributed by atoms with Gasteiger partial charge in [-0.05, 0) is 12.1 Å². The summed E-state index contributed by atoms with van der Waals surface area (Å²) in [6, 6.07) is 3.08. The van der Waals surface area contributed by atoms with Crippen molar-refractivity contribution in [3.8, 4) is 17.6 Å². The van der Waals surface area contributed by atoms with E-state index in [9.17, 15) is 26.7 Å². The summed E-state index contributed by atoms with van der Waals surface area (Å²) in [5.41, 5.74) is -0.710. The van der Waals surface area contributed by atoms with Gasteiger partial charge < -0.3 is 9.84 Å². The summed E-state index contributed by atoms with van der Waals surface area (Å²) in [4.78, 5) is 3.63. The lowest BCUT2D eigenvalue weighted by Crippen LogP contribution is -2.12. The van der Waals surface area contributed by atoms with Gasteiger partial charge in [0.2, 0.25) is 9.84 Å². The van der Waals surface area contributed by atoms with Crippen molar-refractivity contribution in [1.82, 2.24) is 4.98 Å². The molecule has 27 heavy (non-hydrogen) atoms. The van der Waals surface area contributed by atoms with Gasteiger partial charge in [0.1, 0.15) is 17.7 Å². The molecule has 142 valence electrons. The third-order valence-corrected chi connectivity index (χ3v) is 5.48. The molecule has 1 aliphatic rings. The molecule has 3 atom stereocenters. The smallest absolute Gasteiger partial charge is 0.225 e. The van der Waals surface area contributed by atoms with Gasteiger partial charge in [-0.15, -0.1) is 0 Å². The second kappa shape index (κ2) is 6.83. The number of nitriles is 1. The zero-order chi connectivity index (χ0) is 19.9. The predicted molar refractivity (Wildman–Crippen MR) is 86.6 cm³/mol. The first kappa shape index (κ1) is 19.1. The zero-order valence-corrected chi connectivity index (χ0v) is 14.7. The third kappa shape index (κ3) is 3.24. The second-order valence-corrected chi connectivity index (χ2v) is 7.91. The number of halogens is 3. The Bertz CT molecular complexity index is 1050. The molecule has 6 nitrogen and oxygen atoms in total. The molecule has 1 aromatic heterocycles. The molecule has 1 aliphatic carbocycles. The fourth-order valence-electron chi connectivity index (χ4n) is 2.95. The maximum atomic E-state index is 14.7. The average Bonchev–Trinajstić information content (AvgIpc) is 2.86. The lowest BCUT2D eigenvalue weighted by Gasteiger charge is -2.14. The number of fused-ring (bicyclic) bond motifs is 1. The molecule has 0 amide bonds. The summed E-state index contributed by atoms with van der Waals surface area (Å²) in [5.74, 6) is -2.19. The van der Waals surface area contributed by atoms with Crippen LogP contribution in [0.25, 0.3) is 0 Å². The Hall–Kier alpha value is -2.64. The van der Waals surface area contributed by atoms with Crippen LogP contribution in [-0.2, 0) is 9.84 Å². The minimum atomic E-state index is -4.47. The van der Waals surface area contributed by atoms with Crippen molar-refractivity contribution in [3.05, 3.63) is 46.9 Å². The van der Waals surface area contributed by atoms with E-state index in [1.165, 1.54) is 13.0 Å². The molecule has 0 radical (unpaired) electrons. The van der Waals surface area contributed by atoms with Crippen molar-refractivity contribution in [2.75, 3.05) is 6.01 Å². The van der Waals surface area contributed by atoms with Crippen LogP contribution < -0.4 is 4.74 Å². The molecule has 1 N–H and O–H groups in total. The molecular weight excluding hydrogens is 385 g/mol. The number of hydrogen-bond donors (Lipinski definition) is 1. The summed E-state index contributed by atoms with van der Waals surface area (Å²) in [5, 5.41) is 18.4. The number of aromatic nitrogens is 1. The van der Waals surface area contributed by atoms with Gasteiger partial charge in [0, 0.05) is 23.1 Å². The van der Waals surface area contributed by atoms with Gasteiger partial charge in [-0.3, -0.25) is 0 Å². The average molecular weight is 398 g/mol. The minimum absolute atomic E-state index is 0.0450. The predicted octanol–water partition coefficient (Wildman–Crippen LogP) is 3.28. The first-order valence-corrected chi connectivity index (χ1v) is 9.37. The summed E-state index contributed by atoms with van der Waals surface area (Å²) < 4.78 is 70.5. The number of nitrogens with zero attached hydrogens (tertiary/aromatic N) is 2. The molecule has 0 aliphatic heterocycles. The Labute approximate surface area is 152 Å². The number of rotatable bonds is 4. The molecule has 2 aromatic rings. The second-order valence-electron chi connectivity index (χ2n) is 6.07. The molecule has 0 saturated heterocycles. The highest BCUT2D eigenvalue weighted by molar-refractivity contribution is 7.91. The van der Waals surface area contributed by atoms with E-state index in [2.05, 4.69) is 4.98 Å². The highest BCUT2D eigenvalue weighted by Gasteiger charge is 2.44. The number of hydrogen-bond acceptors (Lipinski definition) is 6. The van der Waals surface area contributed by atoms with Crippen LogP contribution in [0.5, 0.6) is 11.5 Å².